The van der Waals surface area contributed by atoms with Gasteiger partial charge in [-0.2, -0.15) is 0 Å². The average molecular weight is 285 g/mol. The number of nitrogens with one attached hydrogen (secondary N) is 1. The Hall–Kier alpha value is -1.93. The molecule has 0 spiro atoms. The van der Waals surface area contributed by atoms with Crippen molar-refractivity contribution in [2.24, 2.45) is 5.73 Å². The van der Waals surface area contributed by atoms with E-state index in [1.54, 1.807) is 6.92 Å². The van der Waals surface area contributed by atoms with Crippen LogP contribution in [-0.2, 0) is 14.8 Å². The van der Waals surface area contributed by atoms with Crippen molar-refractivity contribution < 1.29 is 18.0 Å². The fourth-order valence-electron chi connectivity index (χ4n) is 1.42. The van der Waals surface area contributed by atoms with E-state index in [-0.39, 0.29) is 17.0 Å². The Balaban J connectivity index is 3.21. The highest BCUT2D eigenvalue weighted by Gasteiger charge is 2.24. The zero-order valence-corrected chi connectivity index (χ0v) is 11.4. The summed E-state index contributed by atoms with van der Waals surface area (Å²) in [6.07, 6.45) is 0. The van der Waals surface area contributed by atoms with E-state index in [0.29, 0.717) is 0 Å². The number of carbonyl (C=O) groups excluding carboxylic acids is 2. The van der Waals surface area contributed by atoms with Crippen molar-refractivity contribution in [2.45, 2.75) is 18.7 Å². The summed E-state index contributed by atoms with van der Waals surface area (Å²) in [5.74, 6) is -1.23. The van der Waals surface area contributed by atoms with Gasteiger partial charge < -0.3 is 5.73 Å². The molecule has 0 aliphatic heterocycles. The molecule has 8 heteroatoms. The predicted molar refractivity (Wildman–Crippen MR) is 68.3 cm³/mol. The van der Waals surface area contributed by atoms with E-state index in [1.165, 1.54) is 31.2 Å². The van der Waals surface area contributed by atoms with Gasteiger partial charge in [0.15, 0.2) is 0 Å². The van der Waals surface area contributed by atoms with E-state index >= 15 is 0 Å². The highest BCUT2D eigenvalue weighted by Crippen LogP contribution is 2.15. The second-order valence-electron chi connectivity index (χ2n) is 3.73. The number of carbonyl (C=O) groups is 2. The van der Waals surface area contributed by atoms with Crippen LogP contribution >= 0.6 is 0 Å². The minimum absolute atomic E-state index is 0.0582. The van der Waals surface area contributed by atoms with Crippen molar-refractivity contribution in [3.05, 3.63) is 29.8 Å². The topological polar surface area (TPSA) is 110 Å². The van der Waals surface area contributed by atoms with Gasteiger partial charge in [-0.3, -0.25) is 15.0 Å². The summed E-state index contributed by atoms with van der Waals surface area (Å²) in [7, 11) is -3.91. The molecule has 0 unspecified atom stereocenters. The number of hydrogen-bond acceptors (Lipinski definition) is 4. The van der Waals surface area contributed by atoms with Crippen molar-refractivity contribution in [3.8, 4) is 0 Å². The third-order valence-corrected chi connectivity index (χ3v) is 4.06. The summed E-state index contributed by atoms with van der Waals surface area (Å²) >= 11 is 0. The SMILES string of the molecule is CCN(NC(C)=O)S(=O)(=O)c1cccc(C(N)=O)c1. The predicted octanol–water partition coefficient (Wildman–Crippen LogP) is -0.153. The Morgan fingerprint density at radius 3 is 2.47 bits per heavy atom. The quantitative estimate of drug-likeness (QED) is 0.733. The molecular formula is C11H15N3O4S. The van der Waals surface area contributed by atoms with Crippen molar-refractivity contribution >= 4 is 21.8 Å². The van der Waals surface area contributed by atoms with Crippen LogP contribution in [0.5, 0.6) is 0 Å². The molecule has 104 valence electrons. The molecule has 3 N–H and O–H groups in total. The molecule has 2 amide bonds. The number of hydrogen-bond donors (Lipinski definition) is 2. The summed E-state index contributed by atoms with van der Waals surface area (Å²) in [5.41, 5.74) is 7.39. The molecule has 1 aromatic rings. The lowest BCUT2D eigenvalue weighted by Crippen LogP contribution is -2.44. The summed E-state index contributed by atoms with van der Waals surface area (Å²) in [6, 6.07) is 5.32. The fourth-order valence-corrected chi connectivity index (χ4v) is 2.79. The largest absolute Gasteiger partial charge is 0.366 e. The number of nitrogens with zero attached hydrogens (tertiary/aromatic N) is 1. The Bertz CT molecular complexity index is 598. The second kappa shape index (κ2) is 5.81. The molecule has 1 rings (SSSR count). The maximum atomic E-state index is 12.2. The van der Waals surface area contributed by atoms with Crippen LogP contribution in [0.15, 0.2) is 29.2 Å². The standard InChI is InChI=1S/C11H15N3O4S/c1-3-14(13-8(2)15)19(17,18)10-6-4-5-9(7-10)11(12)16/h4-7H,3H2,1-2H3,(H2,12,16)(H,13,15). The average Bonchev–Trinajstić information content (AvgIpc) is 2.35. The van der Waals surface area contributed by atoms with Gasteiger partial charge in [-0.1, -0.05) is 6.07 Å². The van der Waals surface area contributed by atoms with Gasteiger partial charge in [0.25, 0.3) is 10.0 Å². The van der Waals surface area contributed by atoms with Gasteiger partial charge in [-0.25, -0.2) is 8.42 Å². The first-order chi connectivity index (χ1) is 8.78. The monoisotopic (exact) mass is 285 g/mol. The van der Waals surface area contributed by atoms with Gasteiger partial charge in [0, 0.05) is 19.0 Å². The van der Waals surface area contributed by atoms with Crippen LogP contribution in [0.3, 0.4) is 0 Å². The van der Waals surface area contributed by atoms with Gasteiger partial charge in [-0.05, 0) is 25.1 Å². The Kier molecular flexibility index (Phi) is 4.62. The molecule has 7 nitrogen and oxygen atoms in total. The highest BCUT2D eigenvalue weighted by molar-refractivity contribution is 7.89. The molecule has 0 atom stereocenters. The molecule has 0 saturated heterocycles. The first-order valence-corrected chi connectivity index (χ1v) is 6.93. The summed E-state index contributed by atoms with van der Waals surface area (Å²) < 4.78 is 25.3. The molecular weight excluding hydrogens is 270 g/mol. The number of rotatable bonds is 5. The highest BCUT2D eigenvalue weighted by atomic mass is 32.2. The van der Waals surface area contributed by atoms with Gasteiger partial charge in [0.05, 0.1) is 4.90 Å². The second-order valence-corrected chi connectivity index (χ2v) is 5.59. The zero-order valence-electron chi connectivity index (χ0n) is 10.6. The molecule has 0 radical (unpaired) electrons. The molecule has 0 aliphatic rings. The zero-order chi connectivity index (χ0) is 14.6. The van der Waals surface area contributed by atoms with Gasteiger partial charge in [0.2, 0.25) is 11.8 Å². The molecule has 0 fully saturated rings. The number of benzene rings is 1. The van der Waals surface area contributed by atoms with E-state index < -0.39 is 21.8 Å². The van der Waals surface area contributed by atoms with Crippen molar-refractivity contribution in [1.29, 1.82) is 0 Å². The number of amides is 2. The van der Waals surface area contributed by atoms with E-state index in [0.717, 1.165) is 4.41 Å². The first-order valence-electron chi connectivity index (χ1n) is 5.49. The Morgan fingerprint density at radius 2 is 2.00 bits per heavy atom. The van der Waals surface area contributed by atoms with Crippen LogP contribution in [0.25, 0.3) is 0 Å². The summed E-state index contributed by atoms with van der Waals surface area (Å²) in [6.45, 7) is 2.84. The number of hydrazine groups is 1. The lowest BCUT2D eigenvalue weighted by Gasteiger charge is -2.20. The number of nitrogens with two attached hydrogens (primary N) is 1. The van der Waals surface area contributed by atoms with Crippen LogP contribution in [0, 0.1) is 0 Å². The third kappa shape index (κ3) is 3.52. The van der Waals surface area contributed by atoms with E-state index in [1.807, 2.05) is 0 Å². The van der Waals surface area contributed by atoms with E-state index in [9.17, 15) is 18.0 Å². The number of sulfonamides is 1. The molecule has 0 heterocycles. The number of primary amides is 1. The van der Waals surface area contributed by atoms with Crippen LogP contribution in [0.1, 0.15) is 24.2 Å². The van der Waals surface area contributed by atoms with Crippen LogP contribution in [0.2, 0.25) is 0 Å². The smallest absolute Gasteiger partial charge is 0.259 e. The molecule has 0 bridgehead atoms. The molecule has 0 aromatic heterocycles. The van der Waals surface area contributed by atoms with Gasteiger partial charge >= 0.3 is 0 Å². The maximum absolute atomic E-state index is 12.2. The lowest BCUT2D eigenvalue weighted by atomic mass is 10.2. The van der Waals surface area contributed by atoms with Gasteiger partial charge in [0.1, 0.15) is 0 Å². The minimum Gasteiger partial charge on any atom is -0.366 e. The van der Waals surface area contributed by atoms with Crippen LogP contribution < -0.4 is 11.2 Å². The lowest BCUT2D eigenvalue weighted by molar-refractivity contribution is -0.121. The fraction of sp³-hybridized carbons (Fsp3) is 0.273. The van der Waals surface area contributed by atoms with Crippen LogP contribution in [-0.4, -0.2) is 31.2 Å². The van der Waals surface area contributed by atoms with E-state index in [4.69, 9.17) is 5.73 Å². The molecule has 0 aliphatic carbocycles. The summed E-state index contributed by atoms with van der Waals surface area (Å²) in [4.78, 5) is 21.9. The third-order valence-electron chi connectivity index (χ3n) is 2.28. The van der Waals surface area contributed by atoms with Crippen molar-refractivity contribution in [2.75, 3.05) is 6.54 Å². The van der Waals surface area contributed by atoms with Crippen molar-refractivity contribution in [1.82, 2.24) is 9.84 Å². The normalized spacial score (nSPS) is 11.3. The maximum Gasteiger partial charge on any atom is 0.259 e. The van der Waals surface area contributed by atoms with Crippen molar-refractivity contribution in [3.63, 3.8) is 0 Å². The van der Waals surface area contributed by atoms with E-state index in [2.05, 4.69) is 5.43 Å². The van der Waals surface area contributed by atoms with Crippen LogP contribution in [0.4, 0.5) is 0 Å². The molecule has 0 saturated carbocycles. The molecule has 1 aromatic carbocycles. The minimum atomic E-state index is -3.91. The van der Waals surface area contributed by atoms with Gasteiger partial charge in [-0.15, -0.1) is 4.41 Å². The molecule has 19 heavy (non-hydrogen) atoms. The first kappa shape index (κ1) is 15.1. The Labute approximate surface area is 111 Å². The summed E-state index contributed by atoms with van der Waals surface area (Å²) in [5, 5.41) is 0. The Morgan fingerprint density at radius 1 is 1.37 bits per heavy atom.